The number of ether oxygens (including phenoxy) is 1. The van der Waals surface area contributed by atoms with Crippen LogP contribution in [-0.4, -0.2) is 20.2 Å². The molecule has 1 rings (SSSR count). The molecular formula is C9H9BrN2O3S. The zero-order valence-corrected chi connectivity index (χ0v) is 10.8. The molecule has 0 saturated carbocycles. The van der Waals surface area contributed by atoms with Crippen molar-refractivity contribution in [1.29, 1.82) is 5.26 Å². The fraction of sp³-hybridized carbons (Fsp3) is 0.222. The van der Waals surface area contributed by atoms with Crippen molar-refractivity contribution in [2.75, 3.05) is 16.5 Å². The highest BCUT2D eigenvalue weighted by molar-refractivity contribution is 9.10. The molecule has 0 radical (unpaired) electrons. The highest BCUT2D eigenvalue weighted by Gasteiger charge is 2.15. The first-order valence-electron chi connectivity index (χ1n) is 4.17. The highest BCUT2D eigenvalue weighted by Crippen LogP contribution is 2.28. The second-order valence-corrected chi connectivity index (χ2v) is 5.85. The summed E-state index contributed by atoms with van der Waals surface area (Å²) in [7, 11) is -2.10. The number of anilines is 1. The Morgan fingerprint density at radius 2 is 2.25 bits per heavy atom. The number of sulfonamides is 1. The van der Waals surface area contributed by atoms with Gasteiger partial charge in [0, 0.05) is 0 Å². The molecular weight excluding hydrogens is 296 g/mol. The number of halogens is 1. The molecule has 16 heavy (non-hydrogen) atoms. The van der Waals surface area contributed by atoms with Crippen molar-refractivity contribution in [1.82, 2.24) is 0 Å². The van der Waals surface area contributed by atoms with E-state index in [4.69, 9.17) is 10.00 Å². The van der Waals surface area contributed by atoms with E-state index >= 15 is 0 Å². The van der Waals surface area contributed by atoms with Gasteiger partial charge in [-0.25, -0.2) is 8.42 Å². The molecule has 1 N–H and O–H groups in total. The lowest BCUT2D eigenvalue weighted by atomic mass is 10.2. The fourth-order valence-electron chi connectivity index (χ4n) is 1.08. The van der Waals surface area contributed by atoms with Crippen LogP contribution < -0.4 is 9.46 Å². The number of hydrogen-bond acceptors (Lipinski definition) is 4. The number of rotatable bonds is 4. The molecule has 0 aromatic heterocycles. The normalized spacial score (nSPS) is 10.6. The third kappa shape index (κ3) is 2.87. The zero-order valence-electron chi connectivity index (χ0n) is 8.40. The number of methoxy groups -OCH3 is 1. The minimum absolute atomic E-state index is 0.159. The van der Waals surface area contributed by atoms with E-state index in [1.165, 1.54) is 13.2 Å². The smallest absolute Gasteiger partial charge is 0.242 e. The standard InChI is InChI=1S/C9H9BrN2O3S/c1-15-8-4-2-3-7(5-11)9(8)12-16(13,14)6-10/h2-4,12H,6H2,1H3. The van der Waals surface area contributed by atoms with Crippen molar-refractivity contribution in [3.05, 3.63) is 23.8 Å². The monoisotopic (exact) mass is 304 g/mol. The van der Waals surface area contributed by atoms with Crippen LogP contribution in [0.1, 0.15) is 5.56 Å². The molecule has 0 aliphatic heterocycles. The van der Waals surface area contributed by atoms with E-state index in [2.05, 4.69) is 20.7 Å². The lowest BCUT2D eigenvalue weighted by Gasteiger charge is -2.11. The molecule has 0 unspecified atom stereocenters. The number of alkyl halides is 1. The molecule has 0 aliphatic carbocycles. The Morgan fingerprint density at radius 3 is 2.75 bits per heavy atom. The summed E-state index contributed by atoms with van der Waals surface area (Å²) in [6.07, 6.45) is 0. The molecule has 0 bridgehead atoms. The Labute approximate surface area is 102 Å². The van der Waals surface area contributed by atoms with Gasteiger partial charge in [-0.3, -0.25) is 4.72 Å². The number of nitrogens with one attached hydrogen (secondary N) is 1. The summed E-state index contributed by atoms with van der Waals surface area (Å²) in [6.45, 7) is 0. The van der Waals surface area contributed by atoms with Crippen molar-refractivity contribution in [3.63, 3.8) is 0 Å². The second-order valence-electron chi connectivity index (χ2n) is 2.82. The average molecular weight is 305 g/mol. The third-order valence-corrected chi connectivity index (χ3v) is 4.38. The number of nitrogens with zero attached hydrogens (tertiary/aromatic N) is 1. The summed E-state index contributed by atoms with van der Waals surface area (Å²) in [5.74, 6) is 0.309. The SMILES string of the molecule is COc1cccc(C#N)c1NS(=O)(=O)CBr. The largest absolute Gasteiger partial charge is 0.495 e. The first kappa shape index (κ1) is 12.8. The topological polar surface area (TPSA) is 79.2 Å². The number of hydrogen-bond donors (Lipinski definition) is 1. The van der Waals surface area contributed by atoms with Crippen LogP contribution in [0, 0.1) is 11.3 Å². The van der Waals surface area contributed by atoms with Gasteiger partial charge >= 0.3 is 0 Å². The van der Waals surface area contributed by atoms with Gasteiger partial charge in [0.15, 0.2) is 0 Å². The van der Waals surface area contributed by atoms with Crippen LogP contribution >= 0.6 is 15.9 Å². The molecule has 0 fully saturated rings. The summed E-state index contributed by atoms with van der Waals surface area (Å²) < 4.78 is 29.8. The van der Waals surface area contributed by atoms with Gasteiger partial charge < -0.3 is 4.74 Å². The number of benzene rings is 1. The van der Waals surface area contributed by atoms with Crippen LogP contribution in [0.15, 0.2) is 18.2 Å². The van der Waals surface area contributed by atoms with Gasteiger partial charge in [-0.1, -0.05) is 22.0 Å². The first-order chi connectivity index (χ1) is 7.54. The molecule has 5 nitrogen and oxygen atoms in total. The maximum absolute atomic E-state index is 11.4. The predicted octanol–water partition coefficient (Wildman–Crippen LogP) is 1.66. The summed E-state index contributed by atoms with van der Waals surface area (Å²) >= 11 is 2.85. The van der Waals surface area contributed by atoms with Gasteiger partial charge in [-0.15, -0.1) is 0 Å². The quantitative estimate of drug-likeness (QED) is 0.858. The number of nitriles is 1. The van der Waals surface area contributed by atoms with E-state index in [9.17, 15) is 8.42 Å². The summed E-state index contributed by atoms with van der Waals surface area (Å²) in [5.41, 5.74) is 0.371. The van der Waals surface area contributed by atoms with Crippen LogP contribution in [-0.2, 0) is 10.0 Å². The molecule has 1 aromatic rings. The maximum Gasteiger partial charge on any atom is 0.242 e. The van der Waals surface area contributed by atoms with Gasteiger partial charge in [-0.05, 0) is 12.1 Å². The molecule has 0 spiro atoms. The van der Waals surface area contributed by atoms with Crippen molar-refractivity contribution in [3.8, 4) is 11.8 Å². The Balaban J connectivity index is 3.26. The van der Waals surface area contributed by atoms with Crippen LogP contribution in [0.3, 0.4) is 0 Å². The zero-order chi connectivity index (χ0) is 12.2. The van der Waals surface area contributed by atoms with Gasteiger partial charge in [0.1, 0.15) is 22.2 Å². The Hall–Kier alpha value is -1.26. The van der Waals surface area contributed by atoms with Gasteiger partial charge in [0.25, 0.3) is 0 Å². The Bertz CT molecular complexity index is 522. The molecule has 1 aromatic carbocycles. The van der Waals surface area contributed by atoms with Gasteiger partial charge in [0.05, 0.1) is 12.7 Å². The Morgan fingerprint density at radius 1 is 1.56 bits per heavy atom. The van der Waals surface area contributed by atoms with Crippen molar-refractivity contribution in [2.24, 2.45) is 0 Å². The minimum Gasteiger partial charge on any atom is -0.495 e. The highest BCUT2D eigenvalue weighted by atomic mass is 79.9. The molecule has 86 valence electrons. The van der Waals surface area contributed by atoms with E-state index in [0.717, 1.165) is 0 Å². The predicted molar refractivity (Wildman–Crippen MR) is 64.0 cm³/mol. The van der Waals surface area contributed by atoms with Gasteiger partial charge in [0.2, 0.25) is 10.0 Å². The summed E-state index contributed by atoms with van der Waals surface area (Å²) in [5, 5.41) is 8.86. The minimum atomic E-state index is -3.50. The molecule has 0 saturated heterocycles. The van der Waals surface area contributed by atoms with Crippen molar-refractivity contribution < 1.29 is 13.2 Å². The molecule has 0 heterocycles. The number of para-hydroxylation sites is 1. The van der Waals surface area contributed by atoms with E-state index in [0.29, 0.717) is 5.75 Å². The molecule has 0 atom stereocenters. The van der Waals surface area contributed by atoms with Crippen LogP contribution in [0.2, 0.25) is 0 Å². The Kier molecular flexibility index (Phi) is 4.15. The maximum atomic E-state index is 11.4. The van der Waals surface area contributed by atoms with Crippen LogP contribution in [0.4, 0.5) is 5.69 Å². The lowest BCUT2D eigenvalue weighted by Crippen LogP contribution is -2.14. The van der Waals surface area contributed by atoms with Crippen LogP contribution in [0.25, 0.3) is 0 Å². The molecule has 0 aliphatic rings. The van der Waals surface area contributed by atoms with Crippen molar-refractivity contribution >= 4 is 31.6 Å². The van der Waals surface area contributed by atoms with E-state index in [1.54, 1.807) is 12.1 Å². The third-order valence-electron chi connectivity index (χ3n) is 1.77. The fourth-order valence-corrected chi connectivity index (χ4v) is 2.00. The van der Waals surface area contributed by atoms with Crippen LogP contribution in [0.5, 0.6) is 5.75 Å². The van der Waals surface area contributed by atoms with E-state index < -0.39 is 10.0 Å². The summed E-state index contributed by atoms with van der Waals surface area (Å²) in [4.78, 5) is 0. The second kappa shape index (κ2) is 5.18. The first-order valence-corrected chi connectivity index (χ1v) is 6.95. The molecule has 7 heteroatoms. The van der Waals surface area contributed by atoms with Gasteiger partial charge in [-0.2, -0.15) is 5.26 Å². The van der Waals surface area contributed by atoms with E-state index in [1.807, 2.05) is 6.07 Å². The molecule has 0 amide bonds. The summed E-state index contributed by atoms with van der Waals surface area (Å²) in [6, 6.07) is 6.59. The lowest BCUT2D eigenvalue weighted by molar-refractivity contribution is 0.417. The van der Waals surface area contributed by atoms with E-state index in [-0.39, 0.29) is 15.9 Å². The average Bonchev–Trinajstić information content (AvgIpc) is 2.29. The van der Waals surface area contributed by atoms with Crippen molar-refractivity contribution in [2.45, 2.75) is 0 Å².